The van der Waals surface area contributed by atoms with Gasteiger partial charge in [-0.3, -0.25) is 0 Å². The monoisotopic (exact) mass is 207 g/mol. The van der Waals surface area contributed by atoms with Gasteiger partial charge in [0.15, 0.2) is 5.75 Å². The number of hydrogen-bond acceptors (Lipinski definition) is 4. The molecule has 0 radical (unpaired) electrons. The van der Waals surface area contributed by atoms with Crippen molar-refractivity contribution in [3.63, 3.8) is 0 Å². The van der Waals surface area contributed by atoms with E-state index in [9.17, 15) is 5.11 Å². The molecule has 0 aromatic carbocycles. The van der Waals surface area contributed by atoms with Crippen LogP contribution in [0.15, 0.2) is 18.5 Å². The van der Waals surface area contributed by atoms with E-state index in [2.05, 4.69) is 5.10 Å². The van der Waals surface area contributed by atoms with Crippen LogP contribution in [0.1, 0.15) is 18.6 Å². The molecule has 0 bridgehead atoms. The molecule has 0 saturated carbocycles. The summed E-state index contributed by atoms with van der Waals surface area (Å²) in [4.78, 5) is 0. The third kappa shape index (κ3) is 1.41. The van der Waals surface area contributed by atoms with E-state index in [0.717, 1.165) is 0 Å². The van der Waals surface area contributed by atoms with Crippen molar-refractivity contribution in [2.75, 3.05) is 12.8 Å². The standard InChI is InChI=1S/C10H13N3O2/c1-6(14)7-3-4-13-9(10(7)15-2)8(11)5-12-13/h3-6,14H,11H2,1-2H3. The van der Waals surface area contributed by atoms with Gasteiger partial charge in [0, 0.05) is 11.8 Å². The Balaban J connectivity index is 2.79. The van der Waals surface area contributed by atoms with Crippen LogP contribution in [0.25, 0.3) is 5.52 Å². The fraction of sp³-hybridized carbons (Fsp3) is 0.300. The Bertz CT molecular complexity index is 491. The summed E-state index contributed by atoms with van der Waals surface area (Å²) in [5, 5.41) is 13.6. The first-order chi connectivity index (χ1) is 7.15. The minimum atomic E-state index is -0.598. The van der Waals surface area contributed by atoms with E-state index >= 15 is 0 Å². The Morgan fingerprint density at radius 1 is 1.60 bits per heavy atom. The maximum Gasteiger partial charge on any atom is 0.152 e. The second-order valence-electron chi connectivity index (χ2n) is 3.37. The number of fused-ring (bicyclic) bond motifs is 1. The summed E-state index contributed by atoms with van der Waals surface area (Å²) >= 11 is 0. The molecule has 2 aromatic rings. The molecule has 1 unspecified atom stereocenters. The average molecular weight is 207 g/mol. The number of aliphatic hydroxyl groups excluding tert-OH is 1. The fourth-order valence-corrected chi connectivity index (χ4v) is 1.63. The van der Waals surface area contributed by atoms with Crippen LogP contribution in [0.4, 0.5) is 5.69 Å². The number of nitrogens with two attached hydrogens (primary N) is 1. The van der Waals surface area contributed by atoms with Gasteiger partial charge in [0.05, 0.1) is 25.1 Å². The van der Waals surface area contributed by atoms with E-state index in [1.807, 2.05) is 0 Å². The molecule has 5 heteroatoms. The lowest BCUT2D eigenvalue weighted by atomic mass is 10.1. The number of ether oxygens (including phenoxy) is 1. The van der Waals surface area contributed by atoms with Crippen molar-refractivity contribution in [2.45, 2.75) is 13.0 Å². The van der Waals surface area contributed by atoms with Gasteiger partial charge in [0.2, 0.25) is 0 Å². The van der Waals surface area contributed by atoms with Gasteiger partial charge in [-0.25, -0.2) is 4.52 Å². The van der Waals surface area contributed by atoms with E-state index in [1.54, 1.807) is 37.0 Å². The van der Waals surface area contributed by atoms with Crippen molar-refractivity contribution < 1.29 is 9.84 Å². The number of hydrogen-bond donors (Lipinski definition) is 2. The zero-order valence-electron chi connectivity index (χ0n) is 8.64. The zero-order valence-corrected chi connectivity index (χ0v) is 8.64. The molecule has 5 nitrogen and oxygen atoms in total. The van der Waals surface area contributed by atoms with Gasteiger partial charge < -0.3 is 15.6 Å². The molecule has 0 saturated heterocycles. The molecule has 0 aliphatic carbocycles. The molecule has 0 aliphatic rings. The lowest BCUT2D eigenvalue weighted by Crippen LogP contribution is -2.01. The summed E-state index contributed by atoms with van der Waals surface area (Å²) in [5.41, 5.74) is 7.71. The maximum absolute atomic E-state index is 9.57. The van der Waals surface area contributed by atoms with E-state index in [-0.39, 0.29) is 0 Å². The minimum absolute atomic E-state index is 0.536. The molecular weight excluding hydrogens is 194 g/mol. The molecule has 3 N–H and O–H groups in total. The highest BCUT2D eigenvalue weighted by atomic mass is 16.5. The Labute approximate surface area is 87.1 Å². The van der Waals surface area contributed by atoms with Gasteiger partial charge in [-0.2, -0.15) is 5.10 Å². The summed E-state index contributed by atoms with van der Waals surface area (Å²) in [7, 11) is 1.55. The number of methoxy groups -OCH3 is 1. The third-order valence-electron chi connectivity index (χ3n) is 2.35. The van der Waals surface area contributed by atoms with Gasteiger partial charge in [0.25, 0.3) is 0 Å². The molecule has 15 heavy (non-hydrogen) atoms. The summed E-state index contributed by atoms with van der Waals surface area (Å²) in [6, 6.07) is 1.77. The van der Waals surface area contributed by atoms with Crippen molar-refractivity contribution >= 4 is 11.2 Å². The van der Waals surface area contributed by atoms with Crippen molar-refractivity contribution in [3.8, 4) is 5.75 Å². The molecule has 1 atom stereocenters. The Morgan fingerprint density at radius 2 is 2.33 bits per heavy atom. The maximum atomic E-state index is 9.57. The first-order valence-electron chi connectivity index (χ1n) is 4.63. The first-order valence-corrected chi connectivity index (χ1v) is 4.63. The van der Waals surface area contributed by atoms with Gasteiger partial charge >= 0.3 is 0 Å². The van der Waals surface area contributed by atoms with E-state index < -0.39 is 6.10 Å². The largest absolute Gasteiger partial charge is 0.494 e. The molecule has 0 spiro atoms. The van der Waals surface area contributed by atoms with Gasteiger partial charge in [-0.15, -0.1) is 0 Å². The number of nitrogens with zero attached hydrogens (tertiary/aromatic N) is 2. The summed E-state index contributed by atoms with van der Waals surface area (Å²) in [5.74, 6) is 0.572. The second kappa shape index (κ2) is 3.43. The molecule has 2 heterocycles. The number of aliphatic hydroxyl groups is 1. The van der Waals surface area contributed by atoms with Crippen molar-refractivity contribution in [2.24, 2.45) is 0 Å². The topological polar surface area (TPSA) is 72.8 Å². The molecule has 2 aromatic heterocycles. The van der Waals surface area contributed by atoms with Gasteiger partial charge in [0.1, 0.15) is 5.52 Å². The fourth-order valence-electron chi connectivity index (χ4n) is 1.63. The summed E-state index contributed by atoms with van der Waals surface area (Å²) < 4.78 is 6.88. The quantitative estimate of drug-likeness (QED) is 0.769. The zero-order chi connectivity index (χ0) is 11.0. The van der Waals surface area contributed by atoms with E-state index in [0.29, 0.717) is 22.5 Å². The highest BCUT2D eigenvalue weighted by Crippen LogP contribution is 2.32. The minimum Gasteiger partial charge on any atom is -0.494 e. The van der Waals surface area contributed by atoms with Crippen molar-refractivity contribution in [3.05, 3.63) is 24.0 Å². The molecule has 0 aliphatic heterocycles. The summed E-state index contributed by atoms with van der Waals surface area (Å²) in [6.07, 6.45) is 2.71. The Kier molecular flexibility index (Phi) is 2.24. The Morgan fingerprint density at radius 3 is 2.93 bits per heavy atom. The predicted octanol–water partition coefficient (Wildman–Crippen LogP) is 0.978. The Hall–Kier alpha value is -1.75. The van der Waals surface area contributed by atoms with Gasteiger partial charge in [-0.05, 0) is 13.0 Å². The lowest BCUT2D eigenvalue weighted by molar-refractivity contribution is 0.194. The molecular formula is C10H13N3O2. The lowest BCUT2D eigenvalue weighted by Gasteiger charge is -2.12. The second-order valence-corrected chi connectivity index (χ2v) is 3.37. The highest BCUT2D eigenvalue weighted by molar-refractivity contribution is 5.78. The normalized spacial score (nSPS) is 13.0. The predicted molar refractivity (Wildman–Crippen MR) is 56.8 cm³/mol. The van der Waals surface area contributed by atoms with Crippen LogP contribution in [0, 0.1) is 0 Å². The number of nitrogen functional groups attached to an aromatic ring is 1. The van der Waals surface area contributed by atoms with Crippen LogP contribution in [0.2, 0.25) is 0 Å². The van der Waals surface area contributed by atoms with Gasteiger partial charge in [-0.1, -0.05) is 0 Å². The van der Waals surface area contributed by atoms with Crippen molar-refractivity contribution in [1.82, 2.24) is 9.61 Å². The first kappa shape index (κ1) is 9.79. The van der Waals surface area contributed by atoms with Crippen LogP contribution in [0.3, 0.4) is 0 Å². The average Bonchev–Trinajstić information content (AvgIpc) is 2.59. The number of aromatic nitrogens is 2. The van der Waals surface area contributed by atoms with Crippen LogP contribution in [-0.2, 0) is 0 Å². The van der Waals surface area contributed by atoms with Crippen LogP contribution in [0.5, 0.6) is 5.75 Å². The number of pyridine rings is 1. The SMILES string of the molecule is COc1c(C(C)O)ccn2ncc(N)c12. The summed E-state index contributed by atoms with van der Waals surface area (Å²) in [6.45, 7) is 1.68. The van der Waals surface area contributed by atoms with Crippen LogP contribution < -0.4 is 10.5 Å². The third-order valence-corrected chi connectivity index (χ3v) is 2.35. The molecule has 0 amide bonds. The van der Waals surface area contributed by atoms with Crippen LogP contribution in [-0.4, -0.2) is 21.8 Å². The molecule has 2 rings (SSSR count). The van der Waals surface area contributed by atoms with E-state index in [1.165, 1.54) is 0 Å². The van der Waals surface area contributed by atoms with Crippen LogP contribution >= 0.6 is 0 Å². The smallest absolute Gasteiger partial charge is 0.152 e. The highest BCUT2D eigenvalue weighted by Gasteiger charge is 2.15. The molecule has 0 fully saturated rings. The molecule has 80 valence electrons. The van der Waals surface area contributed by atoms with E-state index in [4.69, 9.17) is 10.5 Å². The number of anilines is 1. The number of rotatable bonds is 2. The van der Waals surface area contributed by atoms with Crippen molar-refractivity contribution in [1.29, 1.82) is 0 Å².